The minimum Gasteiger partial charge on any atom is -0.463 e. The van der Waals surface area contributed by atoms with Crippen LogP contribution in [0.3, 0.4) is 0 Å². The highest BCUT2D eigenvalue weighted by molar-refractivity contribution is 6.05. The van der Waals surface area contributed by atoms with Crippen LogP contribution in [0.2, 0.25) is 0 Å². The molecule has 0 rings (SSSR count). The van der Waals surface area contributed by atoms with E-state index in [1.807, 2.05) is 0 Å². The molecule has 0 fully saturated rings. The van der Waals surface area contributed by atoms with E-state index in [1.54, 1.807) is 27.7 Å². The first-order valence-electron chi connectivity index (χ1n) is 6.07. The molecule has 0 unspecified atom stereocenters. The van der Waals surface area contributed by atoms with Crippen molar-refractivity contribution in [1.29, 1.82) is 0 Å². The van der Waals surface area contributed by atoms with Gasteiger partial charge in [0.25, 0.3) is 11.8 Å². The second-order valence-corrected chi connectivity index (χ2v) is 4.55. The third-order valence-corrected chi connectivity index (χ3v) is 1.91. The lowest BCUT2D eigenvalue weighted by Crippen LogP contribution is -2.48. The largest absolute Gasteiger partial charge is 0.463 e. The molecule has 2 amide bonds. The highest BCUT2D eigenvalue weighted by atomic mass is 16.5. The van der Waals surface area contributed by atoms with Crippen molar-refractivity contribution in [3.8, 4) is 0 Å². The molecule has 20 heavy (non-hydrogen) atoms. The monoisotopic (exact) mass is 281 g/mol. The summed E-state index contributed by atoms with van der Waals surface area (Å²) in [7, 11) is 0. The Morgan fingerprint density at radius 1 is 1.00 bits per heavy atom. The second-order valence-electron chi connectivity index (χ2n) is 4.55. The number of hydrogen-bond donors (Lipinski definition) is 0. The van der Waals surface area contributed by atoms with Crippen LogP contribution in [0.25, 0.3) is 0 Å². The predicted molar refractivity (Wildman–Crippen MR) is 78.8 cm³/mol. The molecule has 0 aromatic rings. The maximum Gasteiger partial charge on any atom is 0.330 e. The van der Waals surface area contributed by atoms with Crippen molar-refractivity contribution in [2.75, 3.05) is 6.61 Å². The lowest BCUT2D eigenvalue weighted by atomic mass is 10.1. The molecule has 5 nitrogen and oxygen atoms in total. The number of carbonyl (C=O) groups is 3. The molecule has 0 bridgehead atoms. The molecule has 0 aliphatic rings. The molecule has 0 aromatic carbocycles. The van der Waals surface area contributed by atoms with Crippen LogP contribution >= 0.6 is 0 Å². The van der Waals surface area contributed by atoms with E-state index in [-0.39, 0.29) is 5.97 Å². The molecular weight excluding hydrogens is 258 g/mol. The Balaban J connectivity index is 0. The molecule has 0 aliphatic carbocycles. The summed E-state index contributed by atoms with van der Waals surface area (Å²) in [6.45, 7) is 17.4. The zero-order chi connectivity index (χ0) is 16.3. The smallest absolute Gasteiger partial charge is 0.330 e. The number of rotatable bonds is 4. The molecule has 0 saturated carbocycles. The van der Waals surface area contributed by atoms with Crippen LogP contribution < -0.4 is 0 Å². The van der Waals surface area contributed by atoms with Gasteiger partial charge in [-0.15, -0.1) is 0 Å². The van der Waals surface area contributed by atoms with Crippen LogP contribution in [0, 0.1) is 0 Å². The molecule has 0 N–H and O–H groups in total. The predicted octanol–water partition coefficient (Wildman–Crippen LogP) is 2.25. The Kier molecular flexibility index (Phi) is 9.79. The zero-order valence-electron chi connectivity index (χ0n) is 12.6. The van der Waals surface area contributed by atoms with E-state index in [1.165, 1.54) is 0 Å². The Bertz CT molecular complexity index is 371. The van der Waals surface area contributed by atoms with Gasteiger partial charge in [-0.1, -0.05) is 19.7 Å². The molecule has 5 heteroatoms. The molecule has 0 saturated heterocycles. The molecule has 0 heterocycles. The van der Waals surface area contributed by atoms with E-state index < -0.39 is 17.4 Å². The highest BCUT2D eigenvalue weighted by Gasteiger charge is 2.28. The Morgan fingerprint density at radius 3 is 1.55 bits per heavy atom. The molecule has 0 spiro atoms. The summed E-state index contributed by atoms with van der Waals surface area (Å²) < 4.78 is 4.43. The summed E-state index contributed by atoms with van der Waals surface area (Å²) >= 11 is 0. The quantitative estimate of drug-likeness (QED) is 0.585. The van der Waals surface area contributed by atoms with Crippen molar-refractivity contribution in [2.45, 2.75) is 33.2 Å². The molecule has 112 valence electrons. The number of imide groups is 1. The van der Waals surface area contributed by atoms with Crippen LogP contribution in [0.5, 0.6) is 0 Å². The van der Waals surface area contributed by atoms with Gasteiger partial charge >= 0.3 is 5.97 Å². The lowest BCUT2D eigenvalue weighted by Gasteiger charge is -2.31. The van der Waals surface area contributed by atoms with Crippen molar-refractivity contribution < 1.29 is 19.1 Å². The summed E-state index contributed by atoms with van der Waals surface area (Å²) in [5, 5.41) is 0. The normalized spacial score (nSPS) is 9.40. The number of carbonyl (C=O) groups excluding carboxylic acids is 3. The third-order valence-electron chi connectivity index (χ3n) is 1.91. The van der Waals surface area contributed by atoms with Crippen LogP contribution in [-0.4, -0.2) is 34.8 Å². The maximum atomic E-state index is 11.3. The topological polar surface area (TPSA) is 63.7 Å². The van der Waals surface area contributed by atoms with E-state index in [2.05, 4.69) is 24.5 Å². The van der Waals surface area contributed by atoms with Crippen molar-refractivity contribution in [2.24, 2.45) is 0 Å². The SMILES string of the molecule is C=CC(=O)N(C(=O)C=C)C(C)(C)C.C=CC(=O)OCC. The van der Waals surface area contributed by atoms with Crippen molar-refractivity contribution >= 4 is 17.8 Å². The second kappa shape index (κ2) is 9.72. The Labute approximate surface area is 120 Å². The first-order valence-corrected chi connectivity index (χ1v) is 6.07. The van der Waals surface area contributed by atoms with E-state index >= 15 is 0 Å². The van der Waals surface area contributed by atoms with Crippen molar-refractivity contribution in [3.63, 3.8) is 0 Å². The van der Waals surface area contributed by atoms with Crippen LogP contribution in [0.1, 0.15) is 27.7 Å². The van der Waals surface area contributed by atoms with Gasteiger partial charge in [-0.25, -0.2) is 4.79 Å². The molecule has 0 atom stereocenters. The fraction of sp³-hybridized carbons (Fsp3) is 0.400. The fourth-order valence-corrected chi connectivity index (χ4v) is 1.15. The molecule has 0 aromatic heterocycles. The van der Waals surface area contributed by atoms with Gasteiger partial charge < -0.3 is 4.74 Å². The van der Waals surface area contributed by atoms with Gasteiger partial charge in [0, 0.05) is 11.6 Å². The van der Waals surface area contributed by atoms with Gasteiger partial charge in [0.05, 0.1) is 6.61 Å². The molecular formula is C15H23NO4. The standard InChI is InChI=1S/C10H15NO2.C5H8O2/c1-6-8(12)11(9(13)7-2)10(3,4)5;1-3-5(6)7-4-2/h6-7H,1-2H2,3-5H3;3H,1,4H2,2H3. The van der Waals surface area contributed by atoms with Crippen molar-refractivity contribution in [3.05, 3.63) is 38.0 Å². The summed E-state index contributed by atoms with van der Waals surface area (Å²) in [5.41, 5.74) is -0.545. The number of ether oxygens (including phenoxy) is 1. The average Bonchev–Trinajstić information content (AvgIpc) is 2.37. The van der Waals surface area contributed by atoms with Crippen LogP contribution in [0.4, 0.5) is 0 Å². The molecule has 0 radical (unpaired) electrons. The van der Waals surface area contributed by atoms with Crippen LogP contribution in [-0.2, 0) is 19.1 Å². The summed E-state index contributed by atoms with van der Waals surface area (Å²) in [6, 6.07) is 0. The zero-order valence-corrected chi connectivity index (χ0v) is 12.6. The summed E-state index contributed by atoms with van der Waals surface area (Å²) in [4.78, 5) is 33.8. The molecule has 0 aliphatic heterocycles. The number of hydrogen-bond acceptors (Lipinski definition) is 4. The lowest BCUT2D eigenvalue weighted by molar-refractivity contribution is -0.144. The Morgan fingerprint density at radius 2 is 1.40 bits per heavy atom. The van der Waals surface area contributed by atoms with Crippen molar-refractivity contribution in [1.82, 2.24) is 4.90 Å². The van der Waals surface area contributed by atoms with E-state index in [0.717, 1.165) is 23.1 Å². The van der Waals surface area contributed by atoms with Gasteiger partial charge in [-0.05, 0) is 39.8 Å². The average molecular weight is 281 g/mol. The summed E-state index contributed by atoms with van der Waals surface area (Å²) in [5.74, 6) is -1.17. The van der Waals surface area contributed by atoms with E-state index in [4.69, 9.17) is 0 Å². The van der Waals surface area contributed by atoms with Gasteiger partial charge in [0.1, 0.15) is 0 Å². The van der Waals surface area contributed by atoms with Gasteiger partial charge in [-0.2, -0.15) is 0 Å². The number of amides is 2. The third kappa shape index (κ3) is 8.02. The number of nitrogens with zero attached hydrogens (tertiary/aromatic N) is 1. The fourth-order valence-electron chi connectivity index (χ4n) is 1.15. The Hall–Kier alpha value is -2.17. The van der Waals surface area contributed by atoms with E-state index in [9.17, 15) is 14.4 Å². The summed E-state index contributed by atoms with van der Waals surface area (Å²) in [6.07, 6.45) is 3.38. The van der Waals surface area contributed by atoms with Gasteiger partial charge in [0.2, 0.25) is 0 Å². The van der Waals surface area contributed by atoms with Crippen LogP contribution in [0.15, 0.2) is 38.0 Å². The number of esters is 1. The van der Waals surface area contributed by atoms with Gasteiger partial charge in [-0.3, -0.25) is 14.5 Å². The first-order chi connectivity index (χ1) is 9.15. The van der Waals surface area contributed by atoms with Gasteiger partial charge in [0.15, 0.2) is 0 Å². The first kappa shape index (κ1) is 20.2. The highest BCUT2D eigenvalue weighted by Crippen LogP contribution is 2.14. The maximum absolute atomic E-state index is 11.3. The van der Waals surface area contributed by atoms with E-state index in [0.29, 0.717) is 6.61 Å². The minimum atomic E-state index is -0.545. The minimum absolute atomic E-state index is 0.359.